The lowest BCUT2D eigenvalue weighted by atomic mass is 10.1. The Morgan fingerprint density at radius 3 is 2.62 bits per heavy atom. The topological polar surface area (TPSA) is 47.8 Å². The summed E-state index contributed by atoms with van der Waals surface area (Å²) in [4.78, 5) is 15.2. The Kier molecular flexibility index (Phi) is 2.96. The summed E-state index contributed by atoms with van der Waals surface area (Å²) in [6, 6.07) is 5.99. The molecule has 0 fully saturated rings. The molecular formula is C10H7ClFN3O. The zero-order chi connectivity index (χ0) is 11.5. The zero-order valence-electron chi connectivity index (χ0n) is 8.05. The van der Waals surface area contributed by atoms with Gasteiger partial charge in [-0.25, -0.2) is 14.1 Å². The highest BCUT2D eigenvalue weighted by molar-refractivity contribution is 6.30. The van der Waals surface area contributed by atoms with Gasteiger partial charge in [0.2, 0.25) is 5.78 Å². The van der Waals surface area contributed by atoms with Gasteiger partial charge < -0.3 is 0 Å². The van der Waals surface area contributed by atoms with E-state index < -0.39 is 12.1 Å². The first-order chi connectivity index (χ1) is 7.68. The Morgan fingerprint density at radius 2 is 2.06 bits per heavy atom. The molecule has 0 saturated heterocycles. The number of benzene rings is 1. The van der Waals surface area contributed by atoms with Gasteiger partial charge in [0.1, 0.15) is 12.7 Å². The maximum Gasteiger partial charge on any atom is 0.255 e. The summed E-state index contributed by atoms with van der Waals surface area (Å²) in [6.07, 6.45) is 0.462. The van der Waals surface area contributed by atoms with Crippen LogP contribution in [-0.2, 0) is 0 Å². The van der Waals surface area contributed by atoms with Crippen LogP contribution in [0.25, 0.3) is 0 Å². The minimum atomic E-state index is -1.86. The van der Waals surface area contributed by atoms with E-state index >= 15 is 0 Å². The summed E-state index contributed by atoms with van der Waals surface area (Å²) >= 11 is 5.66. The predicted molar refractivity (Wildman–Crippen MR) is 55.9 cm³/mol. The molecule has 1 aromatic heterocycles. The molecule has 0 aliphatic rings. The Labute approximate surface area is 95.7 Å². The van der Waals surface area contributed by atoms with E-state index in [1.807, 2.05) is 0 Å². The van der Waals surface area contributed by atoms with Crippen LogP contribution in [0.4, 0.5) is 4.39 Å². The molecule has 0 aliphatic heterocycles. The monoisotopic (exact) mass is 239 g/mol. The van der Waals surface area contributed by atoms with Gasteiger partial charge in [-0.15, -0.1) is 0 Å². The number of nitrogens with zero attached hydrogens (tertiary/aromatic N) is 3. The highest BCUT2D eigenvalue weighted by Crippen LogP contribution is 2.16. The van der Waals surface area contributed by atoms with Crippen LogP contribution in [0.5, 0.6) is 0 Å². The molecule has 2 aromatic rings. The molecule has 0 saturated carbocycles. The summed E-state index contributed by atoms with van der Waals surface area (Å²) in [5.41, 5.74) is 0.243. The van der Waals surface area contributed by atoms with Gasteiger partial charge in [-0.05, 0) is 24.3 Å². The van der Waals surface area contributed by atoms with Gasteiger partial charge in [0.15, 0.2) is 0 Å². The second kappa shape index (κ2) is 4.40. The largest absolute Gasteiger partial charge is 0.289 e. The van der Waals surface area contributed by atoms with E-state index in [1.165, 1.54) is 30.6 Å². The third kappa shape index (κ3) is 2.09. The van der Waals surface area contributed by atoms with E-state index in [0.717, 1.165) is 11.0 Å². The average Bonchev–Trinajstić information content (AvgIpc) is 2.81. The predicted octanol–water partition coefficient (Wildman–Crippen LogP) is 2.28. The second-order valence-corrected chi connectivity index (χ2v) is 3.52. The molecule has 0 N–H and O–H groups in total. The van der Waals surface area contributed by atoms with Crippen molar-refractivity contribution in [3.05, 3.63) is 47.5 Å². The fourth-order valence-corrected chi connectivity index (χ4v) is 1.33. The molecule has 1 atom stereocenters. The highest BCUT2D eigenvalue weighted by Gasteiger charge is 2.21. The van der Waals surface area contributed by atoms with Gasteiger partial charge in [-0.1, -0.05) is 11.6 Å². The third-order valence-electron chi connectivity index (χ3n) is 2.01. The van der Waals surface area contributed by atoms with Crippen LogP contribution in [0.1, 0.15) is 16.7 Å². The molecule has 1 unspecified atom stereocenters. The number of carbonyl (C=O) groups is 1. The van der Waals surface area contributed by atoms with Crippen LogP contribution < -0.4 is 0 Å². The molecule has 1 heterocycles. The Hall–Kier alpha value is -1.75. The number of halogens is 2. The number of alkyl halides is 1. The van der Waals surface area contributed by atoms with E-state index in [2.05, 4.69) is 10.1 Å². The van der Waals surface area contributed by atoms with Gasteiger partial charge in [0.05, 0.1) is 0 Å². The first-order valence-electron chi connectivity index (χ1n) is 4.46. The maximum atomic E-state index is 13.6. The van der Waals surface area contributed by atoms with Crippen LogP contribution in [0, 0.1) is 0 Å². The van der Waals surface area contributed by atoms with Crippen molar-refractivity contribution in [2.24, 2.45) is 0 Å². The average molecular weight is 240 g/mol. The van der Waals surface area contributed by atoms with Crippen molar-refractivity contribution in [2.75, 3.05) is 0 Å². The van der Waals surface area contributed by atoms with Crippen LogP contribution in [-0.4, -0.2) is 20.5 Å². The number of rotatable bonds is 3. The standard InChI is InChI=1S/C10H7ClFN3O/c11-8-3-1-7(2-4-8)9(16)10(12)15-6-13-5-14-15/h1-6,10H. The molecule has 2 rings (SSSR count). The highest BCUT2D eigenvalue weighted by atomic mass is 35.5. The number of hydrogen-bond donors (Lipinski definition) is 0. The van der Waals surface area contributed by atoms with E-state index in [9.17, 15) is 9.18 Å². The van der Waals surface area contributed by atoms with Gasteiger partial charge in [-0.3, -0.25) is 4.79 Å². The quantitative estimate of drug-likeness (QED) is 0.772. The Balaban J connectivity index is 2.22. The molecule has 0 aliphatic carbocycles. The van der Waals surface area contributed by atoms with Crippen LogP contribution in [0.2, 0.25) is 5.02 Å². The van der Waals surface area contributed by atoms with E-state index in [-0.39, 0.29) is 5.56 Å². The molecular weight excluding hydrogens is 233 g/mol. The van der Waals surface area contributed by atoms with Gasteiger partial charge in [-0.2, -0.15) is 5.10 Å². The minimum absolute atomic E-state index is 0.243. The molecule has 0 spiro atoms. The molecule has 4 nitrogen and oxygen atoms in total. The third-order valence-corrected chi connectivity index (χ3v) is 2.27. The molecule has 1 aromatic carbocycles. The van der Waals surface area contributed by atoms with Crippen molar-refractivity contribution in [1.29, 1.82) is 0 Å². The van der Waals surface area contributed by atoms with Crippen molar-refractivity contribution >= 4 is 17.4 Å². The zero-order valence-corrected chi connectivity index (χ0v) is 8.80. The molecule has 82 valence electrons. The lowest BCUT2D eigenvalue weighted by Gasteiger charge is -2.06. The number of carbonyl (C=O) groups excluding carboxylic acids is 1. The minimum Gasteiger partial charge on any atom is -0.289 e. The SMILES string of the molecule is O=C(c1ccc(Cl)cc1)C(F)n1cncn1. The smallest absolute Gasteiger partial charge is 0.255 e. The van der Waals surface area contributed by atoms with Crippen molar-refractivity contribution in [2.45, 2.75) is 6.30 Å². The molecule has 0 radical (unpaired) electrons. The summed E-state index contributed by atoms with van der Waals surface area (Å²) in [7, 11) is 0. The van der Waals surface area contributed by atoms with Crippen LogP contribution in [0.3, 0.4) is 0 Å². The fraction of sp³-hybridized carbons (Fsp3) is 0.100. The van der Waals surface area contributed by atoms with Crippen molar-refractivity contribution in [3.8, 4) is 0 Å². The van der Waals surface area contributed by atoms with E-state index in [0.29, 0.717) is 5.02 Å². The number of Topliss-reactive ketones (excluding diaryl/α,β-unsaturated/α-hetero) is 1. The number of aromatic nitrogens is 3. The molecule has 16 heavy (non-hydrogen) atoms. The number of ketones is 1. The van der Waals surface area contributed by atoms with E-state index in [4.69, 9.17) is 11.6 Å². The number of hydrogen-bond acceptors (Lipinski definition) is 3. The second-order valence-electron chi connectivity index (χ2n) is 3.08. The fourth-order valence-electron chi connectivity index (χ4n) is 1.21. The molecule has 6 heteroatoms. The van der Waals surface area contributed by atoms with E-state index in [1.54, 1.807) is 0 Å². The molecule has 0 bridgehead atoms. The van der Waals surface area contributed by atoms with Crippen LogP contribution >= 0.6 is 11.6 Å². The normalized spacial score (nSPS) is 12.4. The summed E-state index contributed by atoms with van der Waals surface area (Å²) in [6.45, 7) is 0. The summed E-state index contributed by atoms with van der Waals surface area (Å²) in [5.74, 6) is -0.679. The summed E-state index contributed by atoms with van der Waals surface area (Å²) in [5, 5.41) is 4.06. The lowest BCUT2D eigenvalue weighted by molar-refractivity contribution is 0.0779. The van der Waals surface area contributed by atoms with Crippen molar-refractivity contribution in [1.82, 2.24) is 14.8 Å². The Morgan fingerprint density at radius 1 is 1.38 bits per heavy atom. The van der Waals surface area contributed by atoms with Gasteiger partial charge in [0.25, 0.3) is 6.30 Å². The van der Waals surface area contributed by atoms with Gasteiger partial charge in [0, 0.05) is 10.6 Å². The summed E-state index contributed by atoms with van der Waals surface area (Å²) < 4.78 is 14.5. The van der Waals surface area contributed by atoms with Crippen molar-refractivity contribution < 1.29 is 9.18 Å². The van der Waals surface area contributed by atoms with Crippen LogP contribution in [0.15, 0.2) is 36.9 Å². The Bertz CT molecular complexity index is 483. The lowest BCUT2D eigenvalue weighted by Crippen LogP contribution is -2.15. The maximum absolute atomic E-state index is 13.6. The van der Waals surface area contributed by atoms with Gasteiger partial charge >= 0.3 is 0 Å². The first kappa shape index (κ1) is 10.8. The first-order valence-corrected chi connectivity index (χ1v) is 4.84. The van der Waals surface area contributed by atoms with Crippen molar-refractivity contribution in [3.63, 3.8) is 0 Å². The molecule has 0 amide bonds.